The van der Waals surface area contributed by atoms with E-state index in [-0.39, 0.29) is 11.7 Å². The first-order valence-electron chi connectivity index (χ1n) is 6.68. The molecule has 1 aliphatic rings. The minimum atomic E-state index is -4.65. The van der Waals surface area contributed by atoms with Gasteiger partial charge in [-0.25, -0.2) is 0 Å². The molecule has 3 rings (SSSR count). The number of amides is 1. The van der Waals surface area contributed by atoms with Crippen molar-refractivity contribution >= 4 is 17.2 Å². The average molecular weight is 331 g/mol. The van der Waals surface area contributed by atoms with Crippen LogP contribution in [0.2, 0.25) is 0 Å². The van der Waals surface area contributed by atoms with E-state index in [0.29, 0.717) is 23.8 Å². The number of hydrogen-bond donors (Lipinski definition) is 1. The Morgan fingerprint density at radius 2 is 2.18 bits per heavy atom. The van der Waals surface area contributed by atoms with Crippen LogP contribution in [0.3, 0.4) is 0 Å². The zero-order valence-corrected chi connectivity index (χ0v) is 12.1. The van der Waals surface area contributed by atoms with E-state index in [2.05, 4.69) is 20.0 Å². The molecule has 2 aromatic rings. The van der Waals surface area contributed by atoms with Crippen LogP contribution in [0.25, 0.3) is 10.7 Å². The van der Waals surface area contributed by atoms with Crippen molar-refractivity contribution in [2.75, 3.05) is 0 Å². The first kappa shape index (κ1) is 15.0. The lowest BCUT2D eigenvalue weighted by Gasteiger charge is -2.01. The molecule has 0 spiro atoms. The van der Waals surface area contributed by atoms with Crippen LogP contribution in [0.5, 0.6) is 0 Å². The van der Waals surface area contributed by atoms with Gasteiger partial charge >= 0.3 is 12.1 Å². The lowest BCUT2D eigenvalue weighted by Crippen LogP contribution is -2.22. The Hall–Kier alpha value is -1.90. The van der Waals surface area contributed by atoms with Crippen molar-refractivity contribution in [2.45, 2.75) is 32.0 Å². The fourth-order valence-electron chi connectivity index (χ4n) is 1.87. The first-order chi connectivity index (χ1) is 10.4. The summed E-state index contributed by atoms with van der Waals surface area (Å²) in [6.07, 6.45) is -1.90. The molecule has 0 aliphatic heterocycles. The lowest BCUT2D eigenvalue weighted by molar-refractivity contribution is -0.159. The SMILES string of the molecule is O=C(CC1CC1)NCc1ccc(-c2noc(C(F)(F)F)n2)s1. The van der Waals surface area contributed by atoms with Crippen molar-refractivity contribution < 1.29 is 22.5 Å². The highest BCUT2D eigenvalue weighted by molar-refractivity contribution is 7.15. The van der Waals surface area contributed by atoms with Gasteiger partial charge in [-0.2, -0.15) is 18.2 Å². The van der Waals surface area contributed by atoms with Crippen molar-refractivity contribution in [2.24, 2.45) is 5.92 Å². The highest BCUT2D eigenvalue weighted by Gasteiger charge is 2.38. The third kappa shape index (κ3) is 3.65. The summed E-state index contributed by atoms with van der Waals surface area (Å²) in [6, 6.07) is 3.33. The van der Waals surface area contributed by atoms with E-state index < -0.39 is 12.1 Å². The van der Waals surface area contributed by atoms with Gasteiger partial charge in [0.25, 0.3) is 0 Å². The number of carbonyl (C=O) groups is 1. The minimum absolute atomic E-state index is 0.00336. The zero-order chi connectivity index (χ0) is 15.7. The maximum Gasteiger partial charge on any atom is 0.471 e. The van der Waals surface area contributed by atoms with Gasteiger partial charge in [0.05, 0.1) is 11.4 Å². The number of rotatable bonds is 5. The van der Waals surface area contributed by atoms with Crippen LogP contribution in [0.15, 0.2) is 16.7 Å². The van der Waals surface area contributed by atoms with Gasteiger partial charge in [0.15, 0.2) is 0 Å². The second kappa shape index (κ2) is 5.71. The van der Waals surface area contributed by atoms with Crippen molar-refractivity contribution in [3.8, 4) is 10.7 Å². The van der Waals surface area contributed by atoms with Crippen LogP contribution in [-0.4, -0.2) is 16.0 Å². The molecule has 118 valence electrons. The van der Waals surface area contributed by atoms with Crippen LogP contribution >= 0.6 is 11.3 Å². The summed E-state index contributed by atoms with van der Waals surface area (Å²) < 4.78 is 41.4. The number of nitrogens with one attached hydrogen (secondary N) is 1. The average Bonchev–Trinajstić information content (AvgIpc) is 2.95. The molecule has 22 heavy (non-hydrogen) atoms. The van der Waals surface area contributed by atoms with Crippen LogP contribution in [0, 0.1) is 5.92 Å². The molecule has 0 aromatic carbocycles. The molecule has 2 aromatic heterocycles. The largest absolute Gasteiger partial charge is 0.471 e. The Morgan fingerprint density at radius 1 is 1.41 bits per heavy atom. The lowest BCUT2D eigenvalue weighted by atomic mass is 10.3. The van der Waals surface area contributed by atoms with E-state index in [0.717, 1.165) is 17.7 Å². The van der Waals surface area contributed by atoms with Crippen LogP contribution in [0.4, 0.5) is 13.2 Å². The van der Waals surface area contributed by atoms with Gasteiger partial charge in [0.1, 0.15) is 0 Å². The molecular formula is C13H12F3N3O2S. The maximum absolute atomic E-state index is 12.4. The molecular weight excluding hydrogens is 319 g/mol. The number of aromatic nitrogens is 2. The van der Waals surface area contributed by atoms with E-state index in [1.165, 1.54) is 11.3 Å². The molecule has 9 heteroatoms. The van der Waals surface area contributed by atoms with E-state index in [4.69, 9.17) is 0 Å². The quantitative estimate of drug-likeness (QED) is 0.913. The number of carbonyl (C=O) groups excluding carboxylic acids is 1. The van der Waals surface area contributed by atoms with E-state index in [1.807, 2.05) is 0 Å². The third-order valence-corrected chi connectivity index (χ3v) is 4.26. The van der Waals surface area contributed by atoms with Crippen LogP contribution < -0.4 is 5.32 Å². The molecule has 2 heterocycles. The summed E-state index contributed by atoms with van der Waals surface area (Å²) in [5, 5.41) is 6.12. The highest BCUT2D eigenvalue weighted by Crippen LogP contribution is 2.33. The minimum Gasteiger partial charge on any atom is -0.351 e. The normalized spacial score (nSPS) is 15.0. The molecule has 0 saturated heterocycles. The fourth-order valence-corrected chi connectivity index (χ4v) is 2.75. The standard InChI is InChI=1S/C13H12F3N3O2S/c14-13(15,16)12-18-11(19-21-12)9-4-3-8(22-9)6-17-10(20)5-7-1-2-7/h3-4,7H,1-2,5-6H2,(H,17,20). The summed E-state index contributed by atoms with van der Waals surface area (Å²) in [5.41, 5.74) is 0. The Bertz CT molecular complexity index is 676. The monoisotopic (exact) mass is 331 g/mol. The molecule has 1 N–H and O–H groups in total. The third-order valence-electron chi connectivity index (χ3n) is 3.18. The Kier molecular flexibility index (Phi) is 3.90. The Labute approximate surface area is 127 Å². The second-order valence-corrected chi connectivity index (χ2v) is 6.28. The van der Waals surface area contributed by atoms with Gasteiger partial charge in [0.2, 0.25) is 11.7 Å². The summed E-state index contributed by atoms with van der Waals surface area (Å²) in [4.78, 5) is 16.2. The van der Waals surface area contributed by atoms with E-state index in [9.17, 15) is 18.0 Å². The number of nitrogens with zero attached hydrogens (tertiary/aromatic N) is 2. The van der Waals surface area contributed by atoms with Crippen LogP contribution in [0.1, 0.15) is 30.0 Å². The van der Waals surface area contributed by atoms with Crippen LogP contribution in [-0.2, 0) is 17.5 Å². The van der Waals surface area contributed by atoms with Crippen molar-refractivity contribution in [3.05, 3.63) is 22.9 Å². The van der Waals surface area contributed by atoms with Gasteiger partial charge < -0.3 is 9.84 Å². The number of halogens is 3. The maximum atomic E-state index is 12.4. The zero-order valence-electron chi connectivity index (χ0n) is 11.3. The van der Waals surface area contributed by atoms with Crippen molar-refractivity contribution in [3.63, 3.8) is 0 Å². The first-order valence-corrected chi connectivity index (χ1v) is 7.50. The number of alkyl halides is 3. The van der Waals surface area contributed by atoms with Gasteiger partial charge in [-0.05, 0) is 30.9 Å². The Morgan fingerprint density at radius 3 is 2.82 bits per heavy atom. The molecule has 1 saturated carbocycles. The van der Waals surface area contributed by atoms with Crippen molar-refractivity contribution in [1.29, 1.82) is 0 Å². The Balaban J connectivity index is 1.60. The van der Waals surface area contributed by atoms with Gasteiger partial charge in [-0.15, -0.1) is 11.3 Å². The van der Waals surface area contributed by atoms with E-state index in [1.54, 1.807) is 12.1 Å². The smallest absolute Gasteiger partial charge is 0.351 e. The van der Waals surface area contributed by atoms with Gasteiger partial charge in [-0.1, -0.05) is 5.16 Å². The topological polar surface area (TPSA) is 68.0 Å². The molecule has 0 unspecified atom stereocenters. The van der Waals surface area contributed by atoms with Gasteiger partial charge in [-0.3, -0.25) is 4.79 Å². The fraction of sp³-hybridized carbons (Fsp3) is 0.462. The summed E-state index contributed by atoms with van der Waals surface area (Å²) >= 11 is 1.22. The second-order valence-electron chi connectivity index (χ2n) is 5.11. The molecule has 0 bridgehead atoms. The molecule has 0 radical (unpaired) electrons. The summed E-state index contributed by atoms with van der Waals surface area (Å²) in [7, 11) is 0. The number of thiophene rings is 1. The van der Waals surface area contributed by atoms with Crippen molar-refractivity contribution in [1.82, 2.24) is 15.5 Å². The molecule has 1 aliphatic carbocycles. The molecule has 0 atom stereocenters. The molecule has 1 fully saturated rings. The summed E-state index contributed by atoms with van der Waals surface area (Å²) in [5.74, 6) is -0.960. The highest BCUT2D eigenvalue weighted by atomic mass is 32.1. The molecule has 1 amide bonds. The molecule has 5 nitrogen and oxygen atoms in total. The number of hydrogen-bond acceptors (Lipinski definition) is 5. The predicted octanol–water partition coefficient (Wildman–Crippen LogP) is 3.23. The van der Waals surface area contributed by atoms with Gasteiger partial charge in [0, 0.05) is 11.3 Å². The predicted molar refractivity (Wildman–Crippen MR) is 71.8 cm³/mol. The van der Waals surface area contributed by atoms with E-state index >= 15 is 0 Å². The summed E-state index contributed by atoms with van der Waals surface area (Å²) in [6.45, 7) is 0.347.